The molecule has 9 saturated heterocycles. The first kappa shape index (κ1) is 95.0. The first-order valence-corrected chi connectivity index (χ1v) is 36.3. The number of rotatable bonds is 31. The topological polar surface area (TPSA) is 828 Å². The fraction of sp³-hybridized carbons (Fsp3) is 0.937. The summed E-state index contributed by atoms with van der Waals surface area (Å²) >= 11 is 0. The van der Waals surface area contributed by atoms with Gasteiger partial charge in [0.1, 0.15) is 214 Å². The third kappa shape index (κ3) is 20.6. The first-order chi connectivity index (χ1) is 54.3. The molecule has 9 aliphatic heterocycles. The van der Waals surface area contributed by atoms with Crippen molar-refractivity contribution in [2.75, 3.05) is 59.5 Å². The highest BCUT2D eigenvalue weighted by atomic mass is 16.8. The van der Waals surface area contributed by atoms with Gasteiger partial charge in [0.2, 0.25) is 17.7 Å². The molecule has 0 bridgehead atoms. The standard InChI is InChI=1S/C63H105N3O49/c1-14(75)64-27-17(78)4-63(62(97)98,114-49(27)30(80)18(79)5-67)115-51-34(84)22(9-71)102-59(45(51)95)109-47-25(12-74)106-56(29(37(47)87)66-16(3)77)113-53-40(90)33(83)21(8-70)104-61(53)111-50-35(85)26(107-58(44(50)94)110-48-23(10-72)100-54(96)42(92)41(48)91)13-99-60-52(39(89)32(82)20(7-69)103-60)112-55-28(65-15(2)76)36(86)46(24(11-73)105-55)108-57-43(93)38(88)31(81)19(6-68)101-57/h17-61,67-74,78-96H,4-13H2,1-3H3,(H,64,75)(H,65,76)(H,66,77)(H,97,98)/t17-,18+,19+,20+,21+,22+,23+,24+,25+,26+,27+,28+,29+,30+,31-,32+,33+,34-,35+,36+,37+,38-,39-,40-,41+,42+,43+,44-,45+,46+,47+,48+,49+,50-,51-,52-,53-,54?,55-,56-,57-,58-,59-,60-,61+,63-/m0/s1. The molecule has 52 heteroatoms. The number of hydrogen-bond donors (Lipinski definition) is 31. The van der Waals surface area contributed by atoms with Crippen molar-refractivity contribution >= 4 is 23.7 Å². The van der Waals surface area contributed by atoms with Crippen LogP contribution in [0, 0.1) is 0 Å². The molecule has 0 aliphatic carbocycles. The number of carbonyl (C=O) groups excluding carboxylic acids is 3. The van der Waals surface area contributed by atoms with Gasteiger partial charge in [-0.15, -0.1) is 0 Å². The van der Waals surface area contributed by atoms with Crippen LogP contribution in [0.15, 0.2) is 0 Å². The van der Waals surface area contributed by atoms with E-state index in [1.165, 1.54) is 0 Å². The van der Waals surface area contributed by atoms with Crippen LogP contribution in [-0.2, 0) is 99.7 Å². The molecule has 0 aromatic heterocycles. The molecule has 0 radical (unpaired) electrons. The Kier molecular flexibility index (Phi) is 33.7. The molecular formula is C63H105N3O49. The number of carboxylic acid groups (broad SMARTS) is 1. The van der Waals surface area contributed by atoms with E-state index in [-0.39, 0.29) is 0 Å². The van der Waals surface area contributed by atoms with Crippen LogP contribution < -0.4 is 16.0 Å². The van der Waals surface area contributed by atoms with Gasteiger partial charge in [0.15, 0.2) is 50.3 Å². The van der Waals surface area contributed by atoms with Gasteiger partial charge in [-0.2, -0.15) is 0 Å². The number of aliphatic hydroxyl groups is 27. The number of aliphatic carboxylic acids is 1. The molecule has 115 heavy (non-hydrogen) atoms. The van der Waals surface area contributed by atoms with Gasteiger partial charge in [0.25, 0.3) is 5.79 Å². The zero-order valence-electron chi connectivity index (χ0n) is 61.1. The lowest BCUT2D eigenvalue weighted by molar-refractivity contribution is -0.401. The van der Waals surface area contributed by atoms with Crippen molar-refractivity contribution in [1.29, 1.82) is 0 Å². The van der Waals surface area contributed by atoms with Gasteiger partial charge < -0.3 is 239 Å². The largest absolute Gasteiger partial charge is 0.477 e. The zero-order chi connectivity index (χ0) is 85.0. The van der Waals surface area contributed by atoms with Crippen LogP contribution in [0.4, 0.5) is 0 Å². The molecule has 9 rings (SSSR count). The number of hydrogen-bond acceptors (Lipinski definition) is 48. The quantitative estimate of drug-likeness (QED) is 0.0306. The lowest BCUT2D eigenvalue weighted by Crippen LogP contribution is -2.71. The van der Waals surface area contributed by atoms with E-state index in [0.717, 1.165) is 20.8 Å². The van der Waals surface area contributed by atoms with E-state index in [1.807, 2.05) is 0 Å². The average molecular weight is 1690 g/mol. The average Bonchev–Trinajstić information content (AvgIpc) is 0.730. The molecule has 52 nitrogen and oxygen atoms in total. The van der Waals surface area contributed by atoms with Crippen LogP contribution in [-0.4, -0.2) is 508 Å². The minimum absolute atomic E-state index is 0.870. The normalized spacial score (nSPS) is 48.6. The number of carbonyl (C=O) groups is 4. The number of carboxylic acids is 1. The third-order valence-electron chi connectivity index (χ3n) is 20.9. The molecule has 666 valence electrons. The molecule has 0 saturated carbocycles. The van der Waals surface area contributed by atoms with Crippen LogP contribution in [0.2, 0.25) is 0 Å². The van der Waals surface area contributed by atoms with Crippen LogP contribution in [0.5, 0.6) is 0 Å². The Morgan fingerprint density at radius 2 is 0.704 bits per heavy atom. The van der Waals surface area contributed by atoms with E-state index in [2.05, 4.69) is 16.0 Å². The van der Waals surface area contributed by atoms with Gasteiger partial charge in [0.05, 0.1) is 71.6 Å². The summed E-state index contributed by atoms with van der Waals surface area (Å²) in [6.07, 6.45) is -92.4. The summed E-state index contributed by atoms with van der Waals surface area (Å²) in [5.41, 5.74) is 0. The molecule has 9 aliphatic rings. The lowest BCUT2D eigenvalue weighted by atomic mass is 9.88. The van der Waals surface area contributed by atoms with Crippen LogP contribution >= 0.6 is 0 Å². The summed E-state index contributed by atoms with van der Waals surface area (Å²) in [7, 11) is 0. The third-order valence-corrected chi connectivity index (χ3v) is 20.9. The predicted molar refractivity (Wildman–Crippen MR) is 349 cm³/mol. The van der Waals surface area contributed by atoms with Crippen molar-refractivity contribution in [2.45, 2.75) is 309 Å². The van der Waals surface area contributed by atoms with Gasteiger partial charge in [-0.3, -0.25) is 14.4 Å². The van der Waals surface area contributed by atoms with E-state index in [0.29, 0.717) is 0 Å². The monoisotopic (exact) mass is 1690 g/mol. The second kappa shape index (κ2) is 40.9. The van der Waals surface area contributed by atoms with Crippen LogP contribution in [0.25, 0.3) is 0 Å². The maximum absolute atomic E-state index is 13.2. The molecule has 0 aromatic rings. The summed E-state index contributed by atoms with van der Waals surface area (Å²) in [5.74, 6) is -8.30. The predicted octanol–water partition coefficient (Wildman–Crippen LogP) is -21.0. The van der Waals surface area contributed by atoms with Gasteiger partial charge in [-0.05, 0) is 0 Å². The molecular weight excluding hydrogens is 1580 g/mol. The fourth-order valence-electron chi connectivity index (χ4n) is 14.7. The Balaban J connectivity index is 0.995. The van der Waals surface area contributed by atoms with Crippen molar-refractivity contribution in [3.05, 3.63) is 0 Å². The maximum Gasteiger partial charge on any atom is 0.364 e. The Morgan fingerprint density at radius 3 is 1.16 bits per heavy atom. The van der Waals surface area contributed by atoms with Crippen molar-refractivity contribution in [3.8, 4) is 0 Å². The Bertz CT molecular complexity index is 3080. The number of nitrogens with one attached hydrogen (secondary N) is 3. The summed E-state index contributed by atoms with van der Waals surface area (Å²) in [4.78, 5) is 51.3. The maximum atomic E-state index is 13.2. The van der Waals surface area contributed by atoms with E-state index in [9.17, 15) is 162 Å². The number of amides is 3. The molecule has 0 spiro atoms. The van der Waals surface area contributed by atoms with E-state index in [4.69, 9.17) is 80.5 Å². The van der Waals surface area contributed by atoms with Crippen molar-refractivity contribution < 1.29 is 243 Å². The smallest absolute Gasteiger partial charge is 0.364 e. The minimum atomic E-state index is -3.30. The Morgan fingerprint density at radius 1 is 0.357 bits per heavy atom. The molecule has 31 N–H and O–H groups in total. The number of ether oxygens (including phenoxy) is 17. The van der Waals surface area contributed by atoms with Crippen LogP contribution in [0.1, 0.15) is 27.2 Å². The zero-order valence-corrected chi connectivity index (χ0v) is 61.1. The molecule has 0 aromatic carbocycles. The highest BCUT2D eigenvalue weighted by Gasteiger charge is 2.63. The molecule has 9 heterocycles. The Labute approximate surface area is 649 Å². The van der Waals surface area contributed by atoms with Crippen molar-refractivity contribution in [1.82, 2.24) is 16.0 Å². The van der Waals surface area contributed by atoms with E-state index in [1.54, 1.807) is 0 Å². The summed E-state index contributed by atoms with van der Waals surface area (Å²) in [6, 6.07) is -5.73. The molecule has 9 fully saturated rings. The van der Waals surface area contributed by atoms with Gasteiger partial charge in [-0.25, -0.2) is 4.79 Å². The second-order valence-electron chi connectivity index (χ2n) is 28.9. The number of aliphatic hydroxyl groups excluding tert-OH is 27. The second-order valence-corrected chi connectivity index (χ2v) is 28.9. The van der Waals surface area contributed by atoms with E-state index >= 15 is 0 Å². The van der Waals surface area contributed by atoms with Crippen LogP contribution in [0.3, 0.4) is 0 Å². The fourth-order valence-corrected chi connectivity index (χ4v) is 14.7. The SMILES string of the molecule is CC(=O)N[C@H]1[C@H](O[C@@H]2[C@@H](OC[C@H]3O[C@@H](O[C@H]4[C@H](O)[C@@H](O)C(O)O[C@@H]4CO)[C@@H](O)[C@@H](O[C@H]4O[C@H](CO)[C@@H](O)[C@H](O)[C@@H]4O[C@@H]4O[C@H](CO)[C@@H](O[C@@H]5O[C@H](CO)[C@H](O)[C@H](O[C@]6(C(=O)O)C[C@H](O)[C@@H](NC(C)=O)[C@H]([C@H](O)[C@H](O)CO)O6)[C@H]5O)[C@H](O)[C@H]4NC(C)=O)[C@@H]3O)O[C@H](CO)[C@@H](O)[C@@H]2O)O[C@H](CO)[C@@H](O[C@@H]2O[C@H](CO)[C@H](O)[C@H](O)[C@H]2O)[C@@H]1O. The van der Waals surface area contributed by atoms with Gasteiger partial charge in [0, 0.05) is 27.2 Å². The molecule has 1 unspecified atom stereocenters. The van der Waals surface area contributed by atoms with Gasteiger partial charge >= 0.3 is 5.97 Å². The summed E-state index contributed by atoms with van der Waals surface area (Å²) < 4.78 is 99.3. The summed E-state index contributed by atoms with van der Waals surface area (Å²) in [6.45, 7) is -7.60. The summed E-state index contributed by atoms with van der Waals surface area (Å²) in [5, 5.41) is 315. The lowest BCUT2D eigenvalue weighted by Gasteiger charge is -2.51. The minimum Gasteiger partial charge on any atom is -0.477 e. The van der Waals surface area contributed by atoms with Gasteiger partial charge in [-0.1, -0.05) is 0 Å². The van der Waals surface area contributed by atoms with Crippen molar-refractivity contribution in [2.24, 2.45) is 0 Å². The first-order valence-electron chi connectivity index (χ1n) is 36.3. The van der Waals surface area contributed by atoms with E-state index < -0.39 is 371 Å². The Hall–Kier alpha value is -3.88. The molecule has 46 atom stereocenters. The highest BCUT2D eigenvalue weighted by molar-refractivity contribution is 5.77. The highest BCUT2D eigenvalue weighted by Crippen LogP contribution is 2.42. The van der Waals surface area contributed by atoms with Crippen molar-refractivity contribution in [3.63, 3.8) is 0 Å². The molecule has 3 amide bonds.